The molecule has 6 nitrogen and oxygen atoms in total. The zero-order valence-corrected chi connectivity index (χ0v) is 19.4. The highest BCUT2D eigenvalue weighted by molar-refractivity contribution is 7.97. The molecule has 2 aromatic carbocycles. The molecule has 0 bridgehead atoms. The smallest absolute Gasteiger partial charge is 0.227 e. The Morgan fingerprint density at radius 3 is 2.97 bits per heavy atom. The van der Waals surface area contributed by atoms with Gasteiger partial charge in [0, 0.05) is 31.0 Å². The van der Waals surface area contributed by atoms with Crippen molar-refractivity contribution >= 4 is 29.0 Å². The van der Waals surface area contributed by atoms with Crippen molar-refractivity contribution < 1.29 is 9.21 Å². The number of nitriles is 1. The lowest BCUT2D eigenvalue weighted by Crippen LogP contribution is -2.28. The number of aryl methyl sites for hydroxylation is 1. The highest BCUT2D eigenvalue weighted by atomic mass is 32.2. The molecule has 7 heteroatoms. The number of nitrogens with one attached hydrogen (secondary N) is 1. The summed E-state index contributed by atoms with van der Waals surface area (Å²) in [6.45, 7) is 5.82. The van der Waals surface area contributed by atoms with Crippen molar-refractivity contribution in [3.05, 3.63) is 52.1 Å². The van der Waals surface area contributed by atoms with Crippen LogP contribution < -0.4 is 5.32 Å². The molecule has 2 heterocycles. The first kappa shape index (κ1) is 21.0. The van der Waals surface area contributed by atoms with Gasteiger partial charge in [-0.25, -0.2) is 9.29 Å². The predicted octanol–water partition coefficient (Wildman–Crippen LogP) is 4.69. The molecule has 1 aromatic heterocycles. The van der Waals surface area contributed by atoms with Crippen LogP contribution in [0.4, 0.5) is 0 Å². The van der Waals surface area contributed by atoms with Crippen molar-refractivity contribution in [3.63, 3.8) is 0 Å². The third-order valence-electron chi connectivity index (χ3n) is 6.82. The van der Waals surface area contributed by atoms with Crippen molar-refractivity contribution in [2.45, 2.75) is 38.4 Å². The summed E-state index contributed by atoms with van der Waals surface area (Å²) in [4.78, 5) is 16.8. The maximum atomic E-state index is 12.0. The van der Waals surface area contributed by atoms with Gasteiger partial charge in [-0.1, -0.05) is 24.1 Å². The summed E-state index contributed by atoms with van der Waals surface area (Å²) in [5.74, 6) is 0.745. The molecule has 1 amide bonds. The van der Waals surface area contributed by atoms with Crippen LogP contribution >= 0.6 is 11.9 Å². The number of benzene rings is 2. The fourth-order valence-electron chi connectivity index (χ4n) is 4.86. The number of nitrogens with zero attached hydrogens (tertiary/aromatic N) is 3. The highest BCUT2D eigenvalue weighted by Gasteiger charge is 2.34. The van der Waals surface area contributed by atoms with E-state index in [2.05, 4.69) is 41.7 Å². The molecule has 1 saturated heterocycles. The van der Waals surface area contributed by atoms with E-state index in [1.54, 1.807) is 7.05 Å². The van der Waals surface area contributed by atoms with E-state index in [1.807, 2.05) is 24.1 Å². The summed E-state index contributed by atoms with van der Waals surface area (Å²) in [6.07, 6.45) is 2.72. The molecule has 1 aliphatic heterocycles. The molecule has 1 N–H and O–H groups in total. The second-order valence-electron chi connectivity index (χ2n) is 8.67. The number of rotatable bonds is 4. The van der Waals surface area contributed by atoms with Gasteiger partial charge in [-0.2, -0.15) is 5.26 Å². The van der Waals surface area contributed by atoms with Gasteiger partial charge in [0.15, 0.2) is 5.58 Å². The Morgan fingerprint density at radius 2 is 2.19 bits per heavy atom. The Morgan fingerprint density at radius 1 is 1.34 bits per heavy atom. The number of oxazole rings is 1. The van der Waals surface area contributed by atoms with Crippen LogP contribution in [-0.2, 0) is 11.2 Å². The lowest BCUT2D eigenvalue weighted by Gasteiger charge is -2.20. The quantitative estimate of drug-likeness (QED) is 0.586. The minimum absolute atomic E-state index is 0.0567. The number of carbonyl (C=O) groups is 1. The van der Waals surface area contributed by atoms with Gasteiger partial charge in [0.1, 0.15) is 17.1 Å². The normalized spacial score (nSPS) is 20.4. The standard InChI is InChI=1S/C25H26N4O2S/c1-14-5-4-6-17(15(14)2)25-28-21-11-19-18(20(12-26)23(21)31-25)7-8-22(19)32-29-10-9-16(13-29)24(30)27-3/h4-6,11,16,22H,7-10,13H2,1-3H3,(H,27,30)/t16-,22?/m1/s1. The van der Waals surface area contributed by atoms with Crippen LogP contribution in [0.3, 0.4) is 0 Å². The van der Waals surface area contributed by atoms with Crippen molar-refractivity contribution in [3.8, 4) is 17.5 Å². The summed E-state index contributed by atoms with van der Waals surface area (Å²) in [5.41, 5.74) is 7.51. The average molecular weight is 447 g/mol. The van der Waals surface area contributed by atoms with Crippen LogP contribution in [0.1, 0.15) is 45.9 Å². The Kier molecular flexibility index (Phi) is 5.44. The van der Waals surface area contributed by atoms with Crippen LogP contribution in [0.5, 0.6) is 0 Å². The molecule has 0 radical (unpaired) electrons. The van der Waals surface area contributed by atoms with E-state index in [-0.39, 0.29) is 17.1 Å². The lowest BCUT2D eigenvalue weighted by molar-refractivity contribution is -0.123. The first-order valence-corrected chi connectivity index (χ1v) is 11.9. The molecular weight excluding hydrogens is 420 g/mol. The van der Waals surface area contributed by atoms with E-state index in [4.69, 9.17) is 9.40 Å². The van der Waals surface area contributed by atoms with E-state index in [9.17, 15) is 10.1 Å². The van der Waals surface area contributed by atoms with Gasteiger partial charge in [-0.15, -0.1) is 0 Å². The van der Waals surface area contributed by atoms with Gasteiger partial charge < -0.3 is 9.73 Å². The van der Waals surface area contributed by atoms with E-state index in [0.29, 0.717) is 17.0 Å². The molecule has 32 heavy (non-hydrogen) atoms. The van der Waals surface area contributed by atoms with Gasteiger partial charge in [0.2, 0.25) is 11.8 Å². The van der Waals surface area contributed by atoms with Crippen LogP contribution in [0.25, 0.3) is 22.6 Å². The van der Waals surface area contributed by atoms with Crippen LogP contribution in [-0.4, -0.2) is 35.3 Å². The molecule has 2 atom stereocenters. The average Bonchev–Trinajstić information content (AvgIpc) is 3.52. The minimum atomic E-state index is 0.0567. The zero-order valence-electron chi connectivity index (χ0n) is 18.6. The number of carbonyl (C=O) groups excluding carboxylic acids is 1. The third-order valence-corrected chi connectivity index (χ3v) is 8.19. The molecule has 0 spiro atoms. The first-order chi connectivity index (χ1) is 15.5. The molecule has 1 unspecified atom stereocenters. The topological polar surface area (TPSA) is 82.2 Å². The summed E-state index contributed by atoms with van der Waals surface area (Å²) in [5, 5.41) is 13.0. The molecule has 2 aliphatic rings. The van der Waals surface area contributed by atoms with Crippen LogP contribution in [0.2, 0.25) is 0 Å². The monoisotopic (exact) mass is 446 g/mol. The lowest BCUT2D eigenvalue weighted by atomic mass is 10.0. The van der Waals surface area contributed by atoms with Crippen molar-refractivity contribution in [2.75, 3.05) is 20.1 Å². The third kappa shape index (κ3) is 3.48. The maximum absolute atomic E-state index is 12.0. The number of aromatic nitrogens is 1. The molecule has 1 fully saturated rings. The molecule has 1 aliphatic carbocycles. The predicted molar refractivity (Wildman–Crippen MR) is 126 cm³/mol. The largest absolute Gasteiger partial charge is 0.435 e. The van der Waals surface area contributed by atoms with Crippen molar-refractivity contribution in [2.24, 2.45) is 5.92 Å². The Labute approximate surface area is 192 Å². The summed E-state index contributed by atoms with van der Waals surface area (Å²) < 4.78 is 8.47. The van der Waals surface area contributed by atoms with Crippen molar-refractivity contribution in [1.82, 2.24) is 14.6 Å². The fourth-order valence-corrected chi connectivity index (χ4v) is 6.24. The first-order valence-electron chi connectivity index (χ1n) is 11.1. The van der Waals surface area contributed by atoms with E-state index in [1.165, 1.54) is 11.1 Å². The van der Waals surface area contributed by atoms with Gasteiger partial charge in [0.25, 0.3) is 0 Å². The van der Waals surface area contributed by atoms with E-state index in [0.717, 1.165) is 54.6 Å². The summed E-state index contributed by atoms with van der Waals surface area (Å²) >= 11 is 1.81. The van der Waals surface area contributed by atoms with Gasteiger partial charge >= 0.3 is 0 Å². The second kappa shape index (κ2) is 8.27. The van der Waals surface area contributed by atoms with Gasteiger partial charge in [-0.3, -0.25) is 4.79 Å². The van der Waals surface area contributed by atoms with Crippen LogP contribution in [0, 0.1) is 31.1 Å². The van der Waals surface area contributed by atoms with E-state index >= 15 is 0 Å². The number of amides is 1. The second-order valence-corrected chi connectivity index (χ2v) is 9.96. The van der Waals surface area contributed by atoms with Gasteiger partial charge in [0.05, 0.1) is 5.92 Å². The molecule has 3 aromatic rings. The maximum Gasteiger partial charge on any atom is 0.227 e. The summed E-state index contributed by atoms with van der Waals surface area (Å²) in [7, 11) is 1.70. The Balaban J connectivity index is 1.48. The van der Waals surface area contributed by atoms with Gasteiger partial charge in [-0.05, 0) is 67.5 Å². The van der Waals surface area contributed by atoms with Crippen LogP contribution in [0.15, 0.2) is 28.7 Å². The summed E-state index contributed by atoms with van der Waals surface area (Å²) in [6, 6.07) is 10.6. The highest BCUT2D eigenvalue weighted by Crippen LogP contribution is 2.47. The Hall–Kier alpha value is -2.82. The fraction of sp³-hybridized carbons (Fsp3) is 0.400. The van der Waals surface area contributed by atoms with Crippen molar-refractivity contribution in [1.29, 1.82) is 5.26 Å². The number of hydrogen-bond acceptors (Lipinski definition) is 6. The molecular formula is C25H26N4O2S. The molecule has 5 rings (SSSR count). The number of fused-ring (bicyclic) bond motifs is 2. The van der Waals surface area contributed by atoms with E-state index < -0.39 is 0 Å². The SMILES string of the molecule is CNC(=O)[C@@H]1CCN(SC2CCc3c2cc2nc(-c4cccc(C)c4C)oc2c3C#N)C1. The zero-order chi connectivity index (χ0) is 22.4. The molecule has 164 valence electrons. The Bertz CT molecular complexity index is 1260. The minimum Gasteiger partial charge on any atom is -0.435 e. The molecule has 0 saturated carbocycles. The number of hydrogen-bond donors (Lipinski definition) is 1.